The van der Waals surface area contributed by atoms with Gasteiger partial charge in [-0.1, -0.05) is 0 Å². The van der Waals surface area contributed by atoms with Crippen LogP contribution in [-0.2, 0) is 0 Å². The van der Waals surface area contributed by atoms with Crippen molar-refractivity contribution in [2.45, 2.75) is 18.9 Å². The van der Waals surface area contributed by atoms with Gasteiger partial charge in [-0.25, -0.2) is 0 Å². The minimum Gasteiger partial charge on any atom is -0.451 e. The van der Waals surface area contributed by atoms with Crippen LogP contribution in [0, 0.1) is 5.92 Å². The van der Waals surface area contributed by atoms with Crippen LogP contribution in [-0.4, -0.2) is 41.5 Å². The number of hydrogen-bond acceptors (Lipinski definition) is 4. The van der Waals surface area contributed by atoms with Gasteiger partial charge in [-0.05, 0) is 44.0 Å². The Morgan fingerprint density at radius 2 is 2.25 bits per heavy atom. The fourth-order valence-electron chi connectivity index (χ4n) is 3.36. The third-order valence-electron chi connectivity index (χ3n) is 4.51. The minimum absolute atomic E-state index is 0.111. The fourth-order valence-corrected chi connectivity index (χ4v) is 3.36. The van der Waals surface area contributed by atoms with E-state index in [0.717, 1.165) is 11.9 Å². The van der Waals surface area contributed by atoms with Crippen LogP contribution < -0.4 is 5.32 Å². The van der Waals surface area contributed by atoms with Crippen LogP contribution in [0.2, 0.25) is 0 Å². The van der Waals surface area contributed by atoms with Gasteiger partial charge in [0.25, 0.3) is 5.91 Å². The molecule has 1 atom stereocenters. The summed E-state index contributed by atoms with van der Waals surface area (Å²) in [5.41, 5.74) is 0.707. The lowest BCUT2D eigenvalue weighted by atomic mass is 9.84. The second-order valence-corrected chi connectivity index (χ2v) is 5.74. The number of piperidine rings is 3. The van der Waals surface area contributed by atoms with Crippen LogP contribution in [0.3, 0.4) is 0 Å². The first-order chi connectivity index (χ1) is 9.79. The van der Waals surface area contributed by atoms with E-state index in [1.165, 1.54) is 25.9 Å². The number of aromatic nitrogens is 1. The van der Waals surface area contributed by atoms with E-state index >= 15 is 0 Å². The molecule has 1 amide bonds. The maximum Gasteiger partial charge on any atom is 0.287 e. The van der Waals surface area contributed by atoms with Crippen molar-refractivity contribution >= 4 is 16.9 Å². The Balaban J connectivity index is 1.52. The van der Waals surface area contributed by atoms with Crippen molar-refractivity contribution in [3.05, 3.63) is 30.3 Å². The largest absolute Gasteiger partial charge is 0.451 e. The molecule has 5 rings (SSSR count). The first-order valence-electron chi connectivity index (χ1n) is 7.16. The van der Waals surface area contributed by atoms with E-state index in [9.17, 15) is 4.79 Å². The molecule has 2 aromatic heterocycles. The van der Waals surface area contributed by atoms with Gasteiger partial charge in [-0.2, -0.15) is 0 Å². The average Bonchev–Trinajstić information content (AvgIpc) is 2.92. The molecule has 0 aromatic carbocycles. The van der Waals surface area contributed by atoms with Crippen molar-refractivity contribution in [2.24, 2.45) is 5.92 Å². The van der Waals surface area contributed by atoms with Crippen LogP contribution in [0.15, 0.2) is 28.9 Å². The molecule has 3 aliphatic heterocycles. The van der Waals surface area contributed by atoms with E-state index < -0.39 is 0 Å². The molecule has 5 nitrogen and oxygen atoms in total. The van der Waals surface area contributed by atoms with Crippen LogP contribution in [0.5, 0.6) is 0 Å². The number of rotatable bonds is 2. The molecule has 0 unspecified atom stereocenters. The van der Waals surface area contributed by atoms with Crippen LogP contribution in [0.4, 0.5) is 0 Å². The minimum atomic E-state index is -0.111. The summed E-state index contributed by atoms with van der Waals surface area (Å²) in [5, 5.41) is 4.00. The zero-order chi connectivity index (χ0) is 13.5. The third kappa shape index (κ3) is 1.98. The Labute approximate surface area is 117 Å². The smallest absolute Gasteiger partial charge is 0.287 e. The highest BCUT2D eigenvalue weighted by Gasteiger charge is 2.35. The van der Waals surface area contributed by atoms with Gasteiger partial charge in [0.05, 0.1) is 0 Å². The standard InChI is InChI=1S/C15H17N3O2/c19-15(14-7-11-8-16-4-1-13(11)20-14)17-12-9-18-5-2-10(12)3-6-18/h1,4,7-8,10,12H,2-3,5-6,9H2,(H,17,19)/t12-/m1/s1. The van der Waals surface area contributed by atoms with Gasteiger partial charge in [0.15, 0.2) is 5.76 Å². The number of pyridine rings is 1. The number of furan rings is 1. The van der Waals surface area contributed by atoms with Gasteiger partial charge < -0.3 is 14.6 Å². The Bertz CT molecular complexity index is 610. The lowest BCUT2D eigenvalue weighted by Crippen LogP contribution is -2.57. The summed E-state index contributed by atoms with van der Waals surface area (Å²) in [7, 11) is 0. The third-order valence-corrected chi connectivity index (χ3v) is 4.51. The van der Waals surface area contributed by atoms with Gasteiger partial charge in [-0.3, -0.25) is 9.78 Å². The molecule has 0 radical (unpaired) electrons. The Kier molecular flexibility index (Phi) is 2.73. The topological polar surface area (TPSA) is 58.4 Å². The van der Waals surface area contributed by atoms with Crippen LogP contribution >= 0.6 is 0 Å². The highest BCUT2D eigenvalue weighted by atomic mass is 16.3. The zero-order valence-electron chi connectivity index (χ0n) is 11.2. The van der Waals surface area contributed by atoms with E-state index in [1.54, 1.807) is 24.5 Å². The lowest BCUT2D eigenvalue weighted by molar-refractivity contribution is 0.0607. The normalized spacial score (nSPS) is 28.7. The van der Waals surface area contributed by atoms with Crippen molar-refractivity contribution in [3.63, 3.8) is 0 Å². The predicted octanol–water partition coefficient (Wildman–Crippen LogP) is 1.65. The Morgan fingerprint density at radius 1 is 1.40 bits per heavy atom. The molecule has 0 aliphatic carbocycles. The van der Waals surface area contributed by atoms with E-state index in [0.29, 0.717) is 17.3 Å². The first-order valence-corrected chi connectivity index (χ1v) is 7.16. The van der Waals surface area contributed by atoms with E-state index in [-0.39, 0.29) is 11.9 Å². The van der Waals surface area contributed by atoms with E-state index in [1.807, 2.05) is 0 Å². The van der Waals surface area contributed by atoms with Crippen molar-refractivity contribution in [3.8, 4) is 0 Å². The van der Waals surface area contributed by atoms with Gasteiger partial charge in [0.2, 0.25) is 0 Å². The van der Waals surface area contributed by atoms with Crippen molar-refractivity contribution < 1.29 is 9.21 Å². The second kappa shape index (κ2) is 4.59. The van der Waals surface area contributed by atoms with Gasteiger partial charge in [0.1, 0.15) is 5.58 Å². The number of carbonyl (C=O) groups is 1. The molecule has 1 N–H and O–H groups in total. The number of amides is 1. The highest BCUT2D eigenvalue weighted by Crippen LogP contribution is 2.28. The first kappa shape index (κ1) is 11.9. The maximum atomic E-state index is 12.3. The summed E-state index contributed by atoms with van der Waals surface area (Å²) >= 11 is 0. The zero-order valence-corrected chi connectivity index (χ0v) is 11.2. The number of fused-ring (bicyclic) bond motifs is 4. The van der Waals surface area contributed by atoms with Gasteiger partial charge >= 0.3 is 0 Å². The number of nitrogens with one attached hydrogen (secondary N) is 1. The monoisotopic (exact) mass is 271 g/mol. The molecular weight excluding hydrogens is 254 g/mol. The molecule has 104 valence electrons. The molecule has 2 aromatic rings. The van der Waals surface area contributed by atoms with Crippen molar-refractivity contribution in [1.29, 1.82) is 0 Å². The summed E-state index contributed by atoms with van der Waals surface area (Å²) < 4.78 is 5.59. The summed E-state index contributed by atoms with van der Waals surface area (Å²) in [4.78, 5) is 18.8. The lowest BCUT2D eigenvalue weighted by Gasteiger charge is -2.44. The summed E-state index contributed by atoms with van der Waals surface area (Å²) in [6.45, 7) is 3.32. The molecule has 5 heterocycles. The number of nitrogens with zero attached hydrogens (tertiary/aromatic N) is 2. The molecular formula is C15H17N3O2. The van der Waals surface area contributed by atoms with Gasteiger partial charge in [-0.15, -0.1) is 0 Å². The summed E-state index contributed by atoms with van der Waals surface area (Å²) in [5.74, 6) is 0.888. The molecule has 3 saturated heterocycles. The molecule has 0 spiro atoms. The van der Waals surface area contributed by atoms with Crippen LogP contribution in [0.1, 0.15) is 23.4 Å². The summed E-state index contributed by atoms with van der Waals surface area (Å²) in [6.07, 6.45) is 5.76. The van der Waals surface area contributed by atoms with E-state index in [2.05, 4.69) is 15.2 Å². The maximum absolute atomic E-state index is 12.3. The van der Waals surface area contributed by atoms with Crippen LogP contribution in [0.25, 0.3) is 11.0 Å². The molecule has 5 heteroatoms. The average molecular weight is 271 g/mol. The highest BCUT2D eigenvalue weighted by molar-refractivity contribution is 5.96. The number of hydrogen-bond donors (Lipinski definition) is 1. The van der Waals surface area contributed by atoms with Crippen molar-refractivity contribution in [2.75, 3.05) is 19.6 Å². The SMILES string of the molecule is O=C(N[C@@H]1CN2CCC1CC2)c1cc2cnccc2o1. The van der Waals surface area contributed by atoms with Gasteiger partial charge in [0, 0.05) is 30.4 Å². The summed E-state index contributed by atoms with van der Waals surface area (Å²) in [6, 6.07) is 3.80. The molecule has 3 aliphatic rings. The predicted molar refractivity (Wildman–Crippen MR) is 74.4 cm³/mol. The van der Waals surface area contributed by atoms with E-state index in [4.69, 9.17) is 4.42 Å². The fraction of sp³-hybridized carbons (Fsp3) is 0.467. The quantitative estimate of drug-likeness (QED) is 0.902. The Morgan fingerprint density at radius 3 is 2.95 bits per heavy atom. The Hall–Kier alpha value is -1.88. The second-order valence-electron chi connectivity index (χ2n) is 5.74. The molecule has 2 bridgehead atoms. The van der Waals surface area contributed by atoms with Crippen molar-refractivity contribution in [1.82, 2.24) is 15.2 Å². The molecule has 20 heavy (non-hydrogen) atoms. The molecule has 3 fully saturated rings. The molecule has 0 saturated carbocycles. The number of carbonyl (C=O) groups excluding carboxylic acids is 1.